The summed E-state index contributed by atoms with van der Waals surface area (Å²) in [6, 6.07) is 0. The van der Waals surface area contributed by atoms with Gasteiger partial charge in [0.2, 0.25) is 0 Å². The van der Waals surface area contributed by atoms with Gasteiger partial charge in [-0.05, 0) is 96.3 Å². The number of ether oxygens (including phenoxy) is 2. The molecule has 0 saturated carbocycles. The van der Waals surface area contributed by atoms with Crippen molar-refractivity contribution in [2.75, 3.05) is 26.4 Å². The number of carbonyl (C=O) groups excluding carboxylic acids is 2. The van der Waals surface area contributed by atoms with Crippen LogP contribution in [0.15, 0.2) is 134 Å². The summed E-state index contributed by atoms with van der Waals surface area (Å²) in [5.41, 5.74) is 5.40. The molecule has 90 heavy (non-hydrogen) atoms. The average molecular weight is 1270 g/mol. The molecule has 0 aliphatic rings. The fourth-order valence-corrected chi connectivity index (χ4v) is 11.1. The minimum absolute atomic E-state index is 0.0450. The van der Waals surface area contributed by atoms with Crippen molar-refractivity contribution in [2.24, 2.45) is 5.73 Å². The van der Waals surface area contributed by atoms with Crippen molar-refractivity contribution >= 4 is 19.8 Å². The van der Waals surface area contributed by atoms with Gasteiger partial charge in [0.05, 0.1) is 13.2 Å². The summed E-state index contributed by atoms with van der Waals surface area (Å²) < 4.78 is 33.2. The van der Waals surface area contributed by atoms with Crippen LogP contribution in [0.25, 0.3) is 0 Å². The number of carbonyl (C=O) groups is 2. The maximum Gasteiger partial charge on any atom is 0.472 e. The molecule has 10 heteroatoms. The Morgan fingerprint density at radius 2 is 0.611 bits per heavy atom. The Hall–Kier alpha value is -3.85. The molecule has 0 heterocycles. The van der Waals surface area contributed by atoms with E-state index in [4.69, 9.17) is 24.3 Å². The third-order valence-corrected chi connectivity index (χ3v) is 16.8. The van der Waals surface area contributed by atoms with E-state index in [0.717, 1.165) is 122 Å². The first-order valence-electron chi connectivity index (χ1n) is 37.2. The van der Waals surface area contributed by atoms with Gasteiger partial charge in [0.1, 0.15) is 6.61 Å². The number of hydrogen-bond donors (Lipinski definition) is 2. The van der Waals surface area contributed by atoms with Crippen LogP contribution in [0.3, 0.4) is 0 Å². The van der Waals surface area contributed by atoms with Crippen LogP contribution in [0.4, 0.5) is 0 Å². The molecule has 0 rings (SSSR count). The first kappa shape index (κ1) is 86.2. The molecule has 3 N–H and O–H groups in total. The van der Waals surface area contributed by atoms with E-state index in [1.54, 1.807) is 0 Å². The second kappa shape index (κ2) is 74.2. The van der Waals surface area contributed by atoms with Gasteiger partial charge in [0.25, 0.3) is 0 Å². The van der Waals surface area contributed by atoms with Crippen LogP contribution in [-0.4, -0.2) is 49.3 Å². The highest BCUT2D eigenvalue weighted by molar-refractivity contribution is 7.47. The molecule has 0 fully saturated rings. The molecule has 0 aliphatic heterocycles. The second-order valence-corrected chi connectivity index (χ2v) is 25.9. The Bertz CT molecular complexity index is 1940. The van der Waals surface area contributed by atoms with Crippen molar-refractivity contribution in [3.63, 3.8) is 0 Å². The van der Waals surface area contributed by atoms with E-state index in [-0.39, 0.29) is 38.6 Å². The highest BCUT2D eigenvalue weighted by Crippen LogP contribution is 2.43. The van der Waals surface area contributed by atoms with Crippen molar-refractivity contribution < 1.29 is 37.6 Å². The average Bonchev–Trinajstić information content (AvgIpc) is 3.75. The number of unbranched alkanes of at least 4 members (excludes halogenated alkanes) is 34. The molecule has 0 bridgehead atoms. The van der Waals surface area contributed by atoms with Crippen LogP contribution in [-0.2, 0) is 32.7 Å². The molecule has 516 valence electrons. The van der Waals surface area contributed by atoms with Gasteiger partial charge < -0.3 is 20.1 Å². The molecule has 2 atom stereocenters. The fraction of sp³-hybridized carbons (Fsp3) is 0.700. The lowest BCUT2D eigenvalue weighted by atomic mass is 10.0. The van der Waals surface area contributed by atoms with Crippen LogP contribution in [0.5, 0.6) is 0 Å². The van der Waals surface area contributed by atoms with Gasteiger partial charge in [-0.1, -0.05) is 353 Å². The second-order valence-electron chi connectivity index (χ2n) is 24.4. The number of hydrogen-bond acceptors (Lipinski definition) is 8. The lowest BCUT2D eigenvalue weighted by molar-refractivity contribution is -0.161. The molecule has 0 aliphatic carbocycles. The first-order chi connectivity index (χ1) is 44.3. The van der Waals surface area contributed by atoms with E-state index in [1.807, 2.05) is 0 Å². The molecule has 2 unspecified atom stereocenters. The lowest BCUT2D eigenvalue weighted by Gasteiger charge is -2.19. The predicted molar refractivity (Wildman–Crippen MR) is 390 cm³/mol. The highest BCUT2D eigenvalue weighted by atomic mass is 31.2. The number of phosphoric ester groups is 1. The number of phosphoric acid groups is 1. The minimum Gasteiger partial charge on any atom is -0.462 e. The normalized spacial score (nSPS) is 13.7. The molecule has 0 aromatic rings. The SMILES string of the molecule is CC/C=C\C/C=C\C/C=C\C/C=C\C/C=C\C/C=C\C/C=C\C/C=C\C/C=C\C/C=C\C/C=C\CCCCCCCC(=O)OC(COC(=O)CCCCCCCCCCCCCCCCCCCCCCCCCCCCCCCC)COP(=O)(O)OCCN. The topological polar surface area (TPSA) is 134 Å². The quantitative estimate of drug-likeness (QED) is 0.0264. The van der Waals surface area contributed by atoms with Crippen molar-refractivity contribution in [3.8, 4) is 0 Å². The van der Waals surface area contributed by atoms with E-state index in [0.29, 0.717) is 6.42 Å². The molecular weight excluding hydrogens is 1130 g/mol. The largest absolute Gasteiger partial charge is 0.472 e. The zero-order valence-corrected chi connectivity index (χ0v) is 59.0. The summed E-state index contributed by atoms with van der Waals surface area (Å²) in [6.45, 7) is 3.64. The maximum absolute atomic E-state index is 12.8. The van der Waals surface area contributed by atoms with E-state index >= 15 is 0 Å². The molecule has 0 amide bonds. The van der Waals surface area contributed by atoms with Crippen LogP contribution >= 0.6 is 7.82 Å². The summed E-state index contributed by atoms with van der Waals surface area (Å²) in [4.78, 5) is 35.4. The summed E-state index contributed by atoms with van der Waals surface area (Å²) in [6.07, 6.45) is 106. The minimum atomic E-state index is -4.41. The Labute approximate surface area is 554 Å². The smallest absolute Gasteiger partial charge is 0.462 e. The third-order valence-electron chi connectivity index (χ3n) is 15.8. The zero-order valence-electron chi connectivity index (χ0n) is 58.1. The summed E-state index contributed by atoms with van der Waals surface area (Å²) in [5.74, 6) is -0.845. The summed E-state index contributed by atoms with van der Waals surface area (Å²) in [7, 11) is -4.41. The molecule has 0 aromatic carbocycles. The molecular formula is C80H138NO8P. The van der Waals surface area contributed by atoms with Crippen molar-refractivity contribution in [1.29, 1.82) is 0 Å². The van der Waals surface area contributed by atoms with Gasteiger partial charge in [-0.3, -0.25) is 18.6 Å². The van der Waals surface area contributed by atoms with Crippen LogP contribution in [0.1, 0.15) is 328 Å². The molecule has 0 radical (unpaired) electrons. The van der Waals surface area contributed by atoms with Gasteiger partial charge in [-0.25, -0.2) is 4.57 Å². The Balaban J connectivity index is 3.95. The first-order valence-corrected chi connectivity index (χ1v) is 38.7. The maximum atomic E-state index is 12.8. The van der Waals surface area contributed by atoms with Crippen molar-refractivity contribution in [3.05, 3.63) is 134 Å². The fourth-order valence-electron chi connectivity index (χ4n) is 10.4. The van der Waals surface area contributed by atoms with E-state index < -0.39 is 26.5 Å². The van der Waals surface area contributed by atoms with E-state index in [1.165, 1.54) is 173 Å². The summed E-state index contributed by atoms with van der Waals surface area (Å²) >= 11 is 0. The predicted octanol–water partition coefficient (Wildman–Crippen LogP) is 24.8. The molecule has 0 spiro atoms. The van der Waals surface area contributed by atoms with Crippen LogP contribution < -0.4 is 5.73 Å². The van der Waals surface area contributed by atoms with Gasteiger partial charge in [-0.2, -0.15) is 0 Å². The van der Waals surface area contributed by atoms with Gasteiger partial charge in [-0.15, -0.1) is 0 Å². The number of rotatable bonds is 69. The Kier molecular flexibility index (Phi) is 71.0. The van der Waals surface area contributed by atoms with Gasteiger partial charge >= 0.3 is 19.8 Å². The van der Waals surface area contributed by atoms with Gasteiger partial charge in [0, 0.05) is 19.4 Å². The van der Waals surface area contributed by atoms with Crippen LogP contribution in [0.2, 0.25) is 0 Å². The van der Waals surface area contributed by atoms with Crippen molar-refractivity contribution in [2.45, 2.75) is 335 Å². The third kappa shape index (κ3) is 73.2. The monoisotopic (exact) mass is 1270 g/mol. The Morgan fingerprint density at radius 3 is 0.911 bits per heavy atom. The number of allylic oxidation sites excluding steroid dienone is 22. The summed E-state index contributed by atoms with van der Waals surface area (Å²) in [5, 5.41) is 0. The van der Waals surface area contributed by atoms with E-state index in [2.05, 4.69) is 148 Å². The Morgan fingerprint density at radius 1 is 0.344 bits per heavy atom. The molecule has 9 nitrogen and oxygen atoms in total. The molecule has 0 saturated heterocycles. The lowest BCUT2D eigenvalue weighted by Crippen LogP contribution is -2.29. The van der Waals surface area contributed by atoms with E-state index in [9.17, 15) is 19.0 Å². The van der Waals surface area contributed by atoms with Gasteiger partial charge in [0.15, 0.2) is 6.10 Å². The number of nitrogens with two attached hydrogens (primary N) is 1. The zero-order chi connectivity index (χ0) is 65.1. The van der Waals surface area contributed by atoms with Crippen molar-refractivity contribution in [1.82, 2.24) is 0 Å². The molecule has 0 aromatic heterocycles. The van der Waals surface area contributed by atoms with Crippen LogP contribution in [0, 0.1) is 0 Å². The number of esters is 2. The highest BCUT2D eigenvalue weighted by Gasteiger charge is 2.26. The standard InChI is InChI=1S/C80H138NO8P/c1-3-5-7-9-11-13-15-17-19-21-23-25-27-29-31-33-35-36-37-38-39-40-41-42-43-45-47-49-51-53-55-57-59-61-63-65-67-69-71-73-80(83)89-78(77-88-90(84,85)87-75-74-81)76-86-79(82)72-70-68-66-64-62-60-58-56-54-52-50-48-46-44-34-32-30-28-26-24-22-20-18-16-14-12-10-8-6-4-2/h5,7,11,13,17,19,23,25,29,31,35-36,38-39,41-42,45,47,51,53,57,59,78H,3-4,6,8-10,12,14-16,18,20-22,24,26-28,30,32-34,37,40,43-44,46,48-50,52,54-56,58,60-77,81H2,1-2H3,(H,84,85)/b7-5-,13-11-,19-17-,25-23-,31-29-,36-35-,39-38-,42-41-,47-45-,53-51-,59-57-.